The number of aliphatic hydroxyl groups is 1. The third-order valence-corrected chi connectivity index (χ3v) is 8.97. The summed E-state index contributed by atoms with van der Waals surface area (Å²) in [5.41, 5.74) is -6.99. The van der Waals surface area contributed by atoms with Gasteiger partial charge in [0.25, 0.3) is 6.47 Å². The first-order chi connectivity index (χ1) is 15.4. The van der Waals surface area contributed by atoms with Gasteiger partial charge in [-0.25, -0.2) is 13.6 Å². The van der Waals surface area contributed by atoms with Crippen molar-refractivity contribution in [2.75, 3.05) is 6.61 Å². The van der Waals surface area contributed by atoms with E-state index in [1.807, 2.05) is 0 Å². The molecule has 0 saturated heterocycles. The Morgan fingerprint density at radius 2 is 2.06 bits per heavy atom. The van der Waals surface area contributed by atoms with Crippen LogP contribution in [0.15, 0.2) is 23.8 Å². The normalized spacial score (nSPS) is 48.0. The van der Waals surface area contributed by atoms with Crippen LogP contribution in [0.4, 0.5) is 8.78 Å². The number of allylic oxidation sites excluding steroid dienone is 4. The summed E-state index contributed by atoms with van der Waals surface area (Å²) in [4.78, 5) is 36.6. The summed E-state index contributed by atoms with van der Waals surface area (Å²) in [5.74, 6) is -3.67. The number of nitriles is 1. The van der Waals surface area contributed by atoms with E-state index in [-0.39, 0.29) is 31.3 Å². The maximum Gasteiger partial charge on any atom is 0.352 e. The molecule has 4 aliphatic rings. The van der Waals surface area contributed by atoms with Gasteiger partial charge in [0.2, 0.25) is 5.60 Å². The first kappa shape index (κ1) is 23.6. The van der Waals surface area contributed by atoms with Crippen molar-refractivity contribution in [3.8, 4) is 6.07 Å². The molecule has 0 radical (unpaired) electrons. The van der Waals surface area contributed by atoms with E-state index in [1.54, 1.807) is 19.9 Å². The molecule has 0 spiro atoms. The summed E-state index contributed by atoms with van der Waals surface area (Å²) in [7, 11) is 0. The van der Waals surface area contributed by atoms with E-state index in [2.05, 4.69) is 0 Å². The summed E-state index contributed by atoms with van der Waals surface area (Å²) in [6.07, 6.45) is 0.0558. The van der Waals surface area contributed by atoms with E-state index in [9.17, 15) is 19.5 Å². The number of esters is 1. The lowest BCUT2D eigenvalue weighted by molar-refractivity contribution is -0.235. The highest BCUT2D eigenvalue weighted by Gasteiger charge is 2.78. The number of alkyl halides is 2. The molecule has 0 aromatic rings. The Bertz CT molecular complexity index is 1010. The third-order valence-electron chi connectivity index (χ3n) is 8.97. The summed E-state index contributed by atoms with van der Waals surface area (Å²) >= 11 is 0. The minimum atomic E-state index is -2.31. The molecule has 9 atom stereocenters. The van der Waals surface area contributed by atoms with Crippen LogP contribution in [0.2, 0.25) is 0 Å². The van der Waals surface area contributed by atoms with Gasteiger partial charge in [-0.3, -0.25) is 9.59 Å². The summed E-state index contributed by atoms with van der Waals surface area (Å²) in [6, 6.07) is 1.70. The van der Waals surface area contributed by atoms with Gasteiger partial charge in [-0.2, -0.15) is 5.26 Å². The third kappa shape index (κ3) is 2.70. The second-order valence-corrected chi connectivity index (χ2v) is 10.2. The van der Waals surface area contributed by atoms with Crippen molar-refractivity contribution in [1.29, 1.82) is 5.26 Å². The topological polar surface area (TPSA) is 114 Å². The zero-order chi connectivity index (χ0) is 24.4. The van der Waals surface area contributed by atoms with Gasteiger partial charge in [0.1, 0.15) is 12.2 Å². The fraction of sp³-hybridized carbons (Fsp3) is 0.667. The van der Waals surface area contributed by atoms with Crippen LogP contribution < -0.4 is 0 Å². The Labute approximate surface area is 190 Å². The van der Waals surface area contributed by atoms with Gasteiger partial charge in [0, 0.05) is 22.7 Å². The monoisotopic (exact) mass is 463 g/mol. The van der Waals surface area contributed by atoms with Gasteiger partial charge in [0.05, 0.1) is 6.10 Å². The number of hydrogen-bond donors (Lipinski definition) is 1. The van der Waals surface area contributed by atoms with Crippen LogP contribution in [0.1, 0.15) is 40.0 Å². The van der Waals surface area contributed by atoms with Crippen molar-refractivity contribution in [1.82, 2.24) is 0 Å². The maximum absolute atomic E-state index is 17.1. The lowest BCUT2D eigenvalue weighted by Crippen LogP contribution is -2.70. The SMILES string of the molecule is C[C@@H]1CC2C3C[C@H](F)C4=CC(=O)C=CC4(C)[C@@]3(F)C(O)CC2(C)[C@@]1(OC=O)C(=O)OCC#N. The Kier molecular flexibility index (Phi) is 5.32. The average molecular weight is 463 g/mol. The average Bonchev–Trinajstić information content (AvgIpc) is 2.98. The molecule has 5 unspecified atom stereocenters. The second kappa shape index (κ2) is 7.45. The molecule has 1 N–H and O–H groups in total. The summed E-state index contributed by atoms with van der Waals surface area (Å²) < 4.78 is 43.0. The van der Waals surface area contributed by atoms with Crippen LogP contribution >= 0.6 is 0 Å². The number of ether oxygens (including phenoxy) is 2. The molecule has 7 nitrogen and oxygen atoms in total. The van der Waals surface area contributed by atoms with Gasteiger partial charge in [0.15, 0.2) is 18.1 Å². The highest BCUT2D eigenvalue weighted by atomic mass is 19.1. The van der Waals surface area contributed by atoms with Gasteiger partial charge in [-0.15, -0.1) is 0 Å². The molecule has 4 aliphatic carbocycles. The van der Waals surface area contributed by atoms with Crippen molar-refractivity contribution in [2.45, 2.75) is 63.6 Å². The van der Waals surface area contributed by atoms with Crippen LogP contribution in [0.25, 0.3) is 0 Å². The van der Waals surface area contributed by atoms with Gasteiger partial charge < -0.3 is 14.6 Å². The first-order valence-corrected chi connectivity index (χ1v) is 11.1. The molecule has 0 amide bonds. The molecule has 4 rings (SSSR count). The standard InChI is InChI=1S/C24H27F2NO6/c1-13-8-15-16-10-18(25)17-9-14(29)4-5-21(17,2)23(16,26)19(30)11-22(15,3)24(13,33-12-28)20(31)32-7-6-27/h4-5,9,12-13,15-16,18-19,30H,7-8,10-11H2,1-3H3/t13-,15?,16?,18+,19?,21?,22?,23+,24+/m1/s1. The second-order valence-electron chi connectivity index (χ2n) is 10.2. The lowest BCUT2D eigenvalue weighted by atomic mass is 9.44. The largest absolute Gasteiger partial charge is 0.448 e. The summed E-state index contributed by atoms with van der Waals surface area (Å²) in [5, 5.41) is 20.1. The van der Waals surface area contributed by atoms with Crippen LogP contribution in [0.3, 0.4) is 0 Å². The van der Waals surface area contributed by atoms with E-state index < -0.39 is 70.5 Å². The fourth-order valence-corrected chi connectivity index (χ4v) is 7.54. The Balaban J connectivity index is 1.86. The van der Waals surface area contributed by atoms with E-state index in [0.717, 1.165) is 6.08 Å². The number of ketones is 1. The van der Waals surface area contributed by atoms with Crippen LogP contribution in [0.5, 0.6) is 0 Å². The lowest BCUT2D eigenvalue weighted by Gasteiger charge is -2.62. The van der Waals surface area contributed by atoms with Crippen molar-refractivity contribution in [3.63, 3.8) is 0 Å². The van der Waals surface area contributed by atoms with E-state index >= 15 is 8.78 Å². The first-order valence-electron chi connectivity index (χ1n) is 11.1. The molecule has 0 heterocycles. The number of nitrogens with zero attached hydrogens (tertiary/aromatic N) is 1. The zero-order valence-corrected chi connectivity index (χ0v) is 18.7. The predicted octanol–water partition coefficient (Wildman–Crippen LogP) is 2.53. The van der Waals surface area contributed by atoms with Crippen LogP contribution in [-0.2, 0) is 23.9 Å². The highest BCUT2D eigenvalue weighted by Crippen LogP contribution is 2.71. The van der Waals surface area contributed by atoms with Crippen molar-refractivity contribution >= 4 is 18.2 Å². The predicted molar refractivity (Wildman–Crippen MR) is 110 cm³/mol. The fourth-order valence-electron chi connectivity index (χ4n) is 7.54. The van der Waals surface area contributed by atoms with Crippen LogP contribution in [-0.4, -0.2) is 53.5 Å². The number of aliphatic hydroxyl groups excluding tert-OH is 1. The minimum Gasteiger partial charge on any atom is -0.448 e. The number of carbonyl (C=O) groups is 3. The molecule has 3 saturated carbocycles. The van der Waals surface area contributed by atoms with E-state index in [4.69, 9.17) is 14.7 Å². The molecule has 0 aromatic carbocycles. The molecule has 3 fully saturated rings. The molecule has 0 bridgehead atoms. The number of halogens is 2. The molecule has 9 heteroatoms. The van der Waals surface area contributed by atoms with E-state index in [1.165, 1.54) is 19.1 Å². The van der Waals surface area contributed by atoms with Crippen LogP contribution in [0, 0.1) is 39.9 Å². The van der Waals surface area contributed by atoms with Gasteiger partial charge >= 0.3 is 5.97 Å². The zero-order valence-electron chi connectivity index (χ0n) is 18.7. The Hall–Kier alpha value is -2.60. The molecule has 178 valence electrons. The van der Waals surface area contributed by atoms with Crippen molar-refractivity contribution in [2.24, 2.45) is 28.6 Å². The number of fused-ring (bicyclic) bond motifs is 5. The number of hydrogen-bond acceptors (Lipinski definition) is 7. The van der Waals surface area contributed by atoms with Crippen molar-refractivity contribution in [3.05, 3.63) is 23.8 Å². The molecular formula is C24H27F2NO6. The Morgan fingerprint density at radius 1 is 1.36 bits per heavy atom. The Morgan fingerprint density at radius 3 is 2.70 bits per heavy atom. The molecule has 33 heavy (non-hydrogen) atoms. The summed E-state index contributed by atoms with van der Waals surface area (Å²) in [6.45, 7) is 4.34. The highest BCUT2D eigenvalue weighted by molar-refractivity contribution is 6.01. The van der Waals surface area contributed by atoms with Gasteiger partial charge in [-0.1, -0.05) is 19.9 Å². The van der Waals surface area contributed by atoms with Crippen molar-refractivity contribution < 1.29 is 37.7 Å². The number of rotatable bonds is 4. The molecule has 0 aromatic heterocycles. The smallest absolute Gasteiger partial charge is 0.352 e. The maximum atomic E-state index is 17.1. The number of carbonyl (C=O) groups excluding carboxylic acids is 3. The molecular weight excluding hydrogens is 436 g/mol. The molecule has 0 aliphatic heterocycles. The minimum absolute atomic E-state index is 0.00582. The van der Waals surface area contributed by atoms with E-state index in [0.29, 0.717) is 0 Å². The van der Waals surface area contributed by atoms with Gasteiger partial charge in [-0.05, 0) is 49.8 Å². The quantitative estimate of drug-likeness (QED) is 0.503.